The molecule has 0 radical (unpaired) electrons. The second-order valence-electron chi connectivity index (χ2n) is 7.10. The summed E-state index contributed by atoms with van der Waals surface area (Å²) in [6, 6.07) is 8.50. The summed E-state index contributed by atoms with van der Waals surface area (Å²) in [6.45, 7) is 0.502. The Bertz CT molecular complexity index is 1170. The minimum Gasteiger partial charge on any atom is -0.487 e. The summed E-state index contributed by atoms with van der Waals surface area (Å²) >= 11 is 0. The Kier molecular flexibility index (Phi) is 5.99. The van der Waals surface area contributed by atoms with E-state index in [4.69, 9.17) is 9.47 Å². The van der Waals surface area contributed by atoms with Crippen molar-refractivity contribution in [3.05, 3.63) is 65.7 Å². The molecule has 1 fully saturated rings. The number of ether oxygens (including phenoxy) is 2. The third kappa shape index (κ3) is 5.10. The predicted octanol–water partition coefficient (Wildman–Crippen LogP) is 3.56. The molecule has 1 aliphatic heterocycles. The van der Waals surface area contributed by atoms with Crippen molar-refractivity contribution in [1.82, 2.24) is 15.2 Å². The van der Waals surface area contributed by atoms with E-state index in [2.05, 4.69) is 20.5 Å². The number of alkyl halides is 3. The molecule has 3 aromatic rings. The number of carbonyl (C=O) groups excluding carboxylic acids is 1. The van der Waals surface area contributed by atoms with E-state index in [-0.39, 0.29) is 30.4 Å². The van der Waals surface area contributed by atoms with Crippen LogP contribution in [0.5, 0.6) is 11.6 Å². The highest BCUT2D eigenvalue weighted by atomic mass is 19.4. The van der Waals surface area contributed by atoms with Gasteiger partial charge in [0, 0.05) is 12.1 Å². The highest BCUT2D eigenvalue weighted by molar-refractivity contribution is 6.06. The summed E-state index contributed by atoms with van der Waals surface area (Å²) in [6.07, 6.45) is -3.78. The first-order valence-corrected chi connectivity index (χ1v) is 9.66. The van der Waals surface area contributed by atoms with Gasteiger partial charge in [-0.1, -0.05) is 6.07 Å². The van der Waals surface area contributed by atoms with Crippen molar-refractivity contribution in [2.75, 3.05) is 30.4 Å². The van der Waals surface area contributed by atoms with Crippen molar-refractivity contribution < 1.29 is 31.8 Å². The molecule has 33 heavy (non-hydrogen) atoms. The maximum atomic E-state index is 13.6. The molecule has 8 nitrogen and oxygen atoms in total. The molecule has 1 amide bonds. The van der Waals surface area contributed by atoms with Gasteiger partial charge in [0.15, 0.2) is 5.69 Å². The second kappa shape index (κ2) is 8.88. The van der Waals surface area contributed by atoms with Crippen LogP contribution in [-0.4, -0.2) is 47.4 Å². The van der Waals surface area contributed by atoms with Gasteiger partial charge in [-0.3, -0.25) is 4.79 Å². The largest absolute Gasteiger partial charge is 0.487 e. The zero-order valence-electron chi connectivity index (χ0n) is 17.1. The second-order valence-corrected chi connectivity index (χ2v) is 7.10. The molecular formula is C21H17F4N5O3. The van der Waals surface area contributed by atoms with E-state index in [9.17, 15) is 22.4 Å². The Morgan fingerprint density at radius 3 is 2.70 bits per heavy atom. The van der Waals surface area contributed by atoms with Gasteiger partial charge < -0.3 is 19.7 Å². The first-order valence-electron chi connectivity index (χ1n) is 9.66. The van der Waals surface area contributed by atoms with Crippen molar-refractivity contribution in [3.8, 4) is 11.6 Å². The van der Waals surface area contributed by atoms with E-state index in [0.717, 1.165) is 12.1 Å². The van der Waals surface area contributed by atoms with Crippen LogP contribution in [0.15, 0.2) is 48.7 Å². The number of halogens is 4. The number of anilines is 2. The normalized spacial score (nSPS) is 13.9. The predicted molar refractivity (Wildman–Crippen MR) is 109 cm³/mol. The lowest BCUT2D eigenvalue weighted by molar-refractivity contribution is -0.137. The van der Waals surface area contributed by atoms with Crippen LogP contribution >= 0.6 is 0 Å². The number of methoxy groups -OCH3 is 1. The molecule has 0 aliphatic carbocycles. The van der Waals surface area contributed by atoms with Gasteiger partial charge in [0.25, 0.3) is 5.91 Å². The number of nitrogens with zero attached hydrogens (tertiary/aromatic N) is 4. The quantitative estimate of drug-likeness (QED) is 0.559. The van der Waals surface area contributed by atoms with Gasteiger partial charge in [-0.25, -0.2) is 4.39 Å². The molecule has 4 rings (SSSR count). The molecule has 2 aromatic heterocycles. The Morgan fingerprint density at radius 1 is 1.18 bits per heavy atom. The van der Waals surface area contributed by atoms with E-state index in [0.29, 0.717) is 17.6 Å². The third-order valence-electron chi connectivity index (χ3n) is 4.78. The molecule has 12 heteroatoms. The first-order chi connectivity index (χ1) is 15.7. The van der Waals surface area contributed by atoms with E-state index < -0.39 is 29.6 Å². The SMILES string of the molecule is COc1cccc(NC(=O)c2nnccc2N2CC(Oc3cc(F)cc(C(F)(F)F)c3)C2)n1. The smallest absolute Gasteiger partial charge is 0.416 e. The van der Waals surface area contributed by atoms with Gasteiger partial charge >= 0.3 is 6.18 Å². The molecule has 0 spiro atoms. The fourth-order valence-electron chi connectivity index (χ4n) is 3.21. The standard InChI is InChI=1S/C21H17F4N5O3/c1-32-18-4-2-3-17(27-18)28-20(31)19-16(5-6-26-29-19)30-10-15(11-30)33-14-8-12(21(23,24)25)7-13(22)9-14/h2-9,15H,10-11H2,1H3,(H,27,28,31). The van der Waals surface area contributed by atoms with Crippen LogP contribution in [0.25, 0.3) is 0 Å². The number of nitrogens with one attached hydrogen (secondary N) is 1. The number of amides is 1. The fourth-order valence-corrected chi connectivity index (χ4v) is 3.21. The molecule has 0 bridgehead atoms. The molecule has 0 unspecified atom stereocenters. The lowest BCUT2D eigenvalue weighted by Gasteiger charge is -2.41. The maximum Gasteiger partial charge on any atom is 0.416 e. The topological polar surface area (TPSA) is 89.5 Å². The minimum absolute atomic E-state index is 0.0330. The van der Waals surface area contributed by atoms with Gasteiger partial charge in [0.1, 0.15) is 23.5 Å². The molecule has 3 heterocycles. The molecular weight excluding hydrogens is 446 g/mol. The number of pyridine rings is 1. The van der Waals surface area contributed by atoms with Crippen LogP contribution in [-0.2, 0) is 6.18 Å². The Balaban J connectivity index is 1.43. The molecule has 0 atom stereocenters. The van der Waals surface area contributed by atoms with Crippen molar-refractivity contribution in [2.45, 2.75) is 12.3 Å². The highest BCUT2D eigenvalue weighted by Gasteiger charge is 2.34. The molecule has 172 valence electrons. The van der Waals surface area contributed by atoms with E-state index >= 15 is 0 Å². The number of hydrogen-bond acceptors (Lipinski definition) is 7. The molecule has 1 saturated heterocycles. The summed E-state index contributed by atoms with van der Waals surface area (Å²) in [7, 11) is 1.45. The van der Waals surface area contributed by atoms with Crippen LogP contribution in [0, 0.1) is 5.82 Å². The van der Waals surface area contributed by atoms with Crippen LogP contribution in [0.3, 0.4) is 0 Å². The van der Waals surface area contributed by atoms with Crippen molar-refractivity contribution in [1.29, 1.82) is 0 Å². The lowest BCUT2D eigenvalue weighted by Crippen LogP contribution is -2.54. The summed E-state index contributed by atoms with van der Waals surface area (Å²) in [5, 5.41) is 10.3. The Morgan fingerprint density at radius 2 is 1.97 bits per heavy atom. The first kappa shape index (κ1) is 22.2. The van der Waals surface area contributed by atoms with Crippen molar-refractivity contribution in [3.63, 3.8) is 0 Å². The minimum atomic E-state index is -4.69. The Hall–Kier alpha value is -3.96. The maximum absolute atomic E-state index is 13.6. The van der Waals surface area contributed by atoms with Gasteiger partial charge in [-0.05, 0) is 24.3 Å². The highest BCUT2D eigenvalue weighted by Crippen LogP contribution is 2.33. The molecule has 1 aliphatic rings. The number of aromatic nitrogens is 3. The van der Waals surface area contributed by atoms with Crippen LogP contribution < -0.4 is 19.7 Å². The van der Waals surface area contributed by atoms with E-state index in [1.165, 1.54) is 13.3 Å². The summed E-state index contributed by atoms with van der Waals surface area (Å²) in [5.74, 6) is -1.24. The van der Waals surface area contributed by atoms with Crippen LogP contribution in [0.4, 0.5) is 29.1 Å². The Labute approximate surface area is 185 Å². The van der Waals surface area contributed by atoms with Gasteiger partial charge in [0.2, 0.25) is 5.88 Å². The summed E-state index contributed by atoms with van der Waals surface area (Å²) < 4.78 is 62.8. The monoisotopic (exact) mass is 463 g/mol. The summed E-state index contributed by atoms with van der Waals surface area (Å²) in [5.41, 5.74) is -0.636. The van der Waals surface area contributed by atoms with Gasteiger partial charge in [0.05, 0.1) is 37.6 Å². The van der Waals surface area contributed by atoms with Gasteiger partial charge in [-0.15, -0.1) is 5.10 Å². The van der Waals surface area contributed by atoms with Gasteiger partial charge in [-0.2, -0.15) is 23.3 Å². The molecule has 0 saturated carbocycles. The zero-order chi connectivity index (χ0) is 23.6. The number of benzene rings is 1. The number of carbonyl (C=O) groups is 1. The lowest BCUT2D eigenvalue weighted by atomic mass is 10.1. The number of rotatable bonds is 6. The van der Waals surface area contributed by atoms with Crippen LogP contribution in [0.2, 0.25) is 0 Å². The van der Waals surface area contributed by atoms with E-state index in [1.807, 2.05) is 0 Å². The zero-order valence-corrected chi connectivity index (χ0v) is 17.1. The van der Waals surface area contributed by atoms with Crippen molar-refractivity contribution in [2.24, 2.45) is 0 Å². The van der Waals surface area contributed by atoms with Crippen LogP contribution in [0.1, 0.15) is 16.1 Å². The average molecular weight is 463 g/mol. The van der Waals surface area contributed by atoms with E-state index in [1.54, 1.807) is 29.2 Å². The number of hydrogen-bond donors (Lipinski definition) is 1. The van der Waals surface area contributed by atoms with Crippen molar-refractivity contribution >= 4 is 17.4 Å². The third-order valence-corrected chi connectivity index (χ3v) is 4.78. The fraction of sp³-hybridized carbons (Fsp3) is 0.238. The average Bonchev–Trinajstić information content (AvgIpc) is 2.75. The summed E-state index contributed by atoms with van der Waals surface area (Å²) in [4.78, 5) is 18.6. The molecule has 1 N–H and O–H groups in total. The molecule has 1 aromatic carbocycles.